The van der Waals surface area contributed by atoms with Crippen LogP contribution in [0.15, 0.2) is 35.6 Å². The molecule has 0 unspecified atom stereocenters. The van der Waals surface area contributed by atoms with Crippen molar-refractivity contribution in [2.45, 2.75) is 75.3 Å². The van der Waals surface area contributed by atoms with E-state index in [0.29, 0.717) is 6.29 Å². The summed E-state index contributed by atoms with van der Waals surface area (Å²) in [5.41, 5.74) is -1.90. The molecule has 4 aliphatic heterocycles. The lowest BCUT2D eigenvalue weighted by Gasteiger charge is -2.34. The fraction of sp³-hybridized carbons (Fsp3) is 0.609. The molecular formula is C23H28O9. The van der Waals surface area contributed by atoms with Gasteiger partial charge in [-0.25, -0.2) is 4.79 Å². The van der Waals surface area contributed by atoms with Gasteiger partial charge < -0.3 is 28.8 Å². The number of aliphatic hydroxyl groups is 1. The SMILES string of the molecule is C=C(C)[C@@H]1C[C@@H](OC(C)=O)[C@]23O[C@H]2[C@H](C[C@@](C)(O)/C=C2/C=C(C=O)[C@](OC)(C1)O2)OC3=O. The Morgan fingerprint density at radius 1 is 1.34 bits per heavy atom. The average molecular weight is 448 g/mol. The summed E-state index contributed by atoms with van der Waals surface area (Å²) >= 11 is 0. The van der Waals surface area contributed by atoms with Gasteiger partial charge in [0.2, 0.25) is 11.4 Å². The predicted molar refractivity (Wildman–Crippen MR) is 109 cm³/mol. The first-order valence-electron chi connectivity index (χ1n) is 10.5. The Hall–Kier alpha value is -2.49. The van der Waals surface area contributed by atoms with Crippen LogP contribution in [-0.2, 0) is 38.1 Å². The number of carbonyl (C=O) groups excluding carboxylic acids is 3. The van der Waals surface area contributed by atoms with Gasteiger partial charge in [-0.15, -0.1) is 0 Å². The molecule has 32 heavy (non-hydrogen) atoms. The molecule has 4 rings (SSSR count). The van der Waals surface area contributed by atoms with Crippen LogP contribution in [0.3, 0.4) is 0 Å². The monoisotopic (exact) mass is 448 g/mol. The largest absolute Gasteiger partial charge is 0.459 e. The van der Waals surface area contributed by atoms with Crippen molar-refractivity contribution in [2.75, 3.05) is 7.11 Å². The van der Waals surface area contributed by atoms with E-state index < -0.39 is 47.2 Å². The number of fused-ring (bicyclic) bond motifs is 2. The quantitative estimate of drug-likeness (QED) is 0.295. The highest BCUT2D eigenvalue weighted by molar-refractivity contribution is 5.88. The molecule has 0 saturated carbocycles. The molecule has 0 amide bonds. The molecule has 9 heteroatoms. The minimum Gasteiger partial charge on any atom is -0.459 e. The molecule has 174 valence electrons. The fourth-order valence-corrected chi connectivity index (χ4v) is 4.99. The Morgan fingerprint density at radius 2 is 2.06 bits per heavy atom. The molecule has 9 nitrogen and oxygen atoms in total. The average Bonchev–Trinajstić information content (AvgIpc) is 3.28. The Morgan fingerprint density at radius 3 is 2.62 bits per heavy atom. The van der Waals surface area contributed by atoms with Gasteiger partial charge in [0.15, 0.2) is 6.29 Å². The zero-order valence-corrected chi connectivity index (χ0v) is 18.6. The van der Waals surface area contributed by atoms with Gasteiger partial charge in [0.05, 0.1) is 11.2 Å². The van der Waals surface area contributed by atoms with Crippen molar-refractivity contribution >= 4 is 18.2 Å². The number of carbonyl (C=O) groups is 3. The Kier molecular flexibility index (Phi) is 5.34. The lowest BCUT2D eigenvalue weighted by atomic mass is 9.81. The van der Waals surface area contributed by atoms with Crippen LogP contribution in [0.1, 0.15) is 40.0 Å². The van der Waals surface area contributed by atoms with Crippen LogP contribution < -0.4 is 0 Å². The summed E-state index contributed by atoms with van der Waals surface area (Å²) in [4.78, 5) is 36.6. The molecular weight excluding hydrogens is 420 g/mol. The molecule has 0 radical (unpaired) electrons. The standard InChI is InChI=1S/C23H28O9/c1-12(2)14-6-18(29-13(3)25)23-19(32-23)17(30-20(23)26)10-21(4,27)9-16-7-15(11-24)22(8-14,28-5)31-16/h7,9,11,14,17-19,27H,1,6,8,10H2,2-5H3/b16-9-/t14-,17+,18-,19+,21+,22+,23+/m1/s1. The van der Waals surface area contributed by atoms with Gasteiger partial charge >= 0.3 is 11.9 Å². The van der Waals surface area contributed by atoms with Crippen LogP contribution in [-0.4, -0.2) is 65.7 Å². The first-order chi connectivity index (χ1) is 15.0. The third-order valence-electron chi connectivity index (χ3n) is 6.64. The van der Waals surface area contributed by atoms with Crippen LogP contribution in [0.2, 0.25) is 0 Å². The molecule has 7 atom stereocenters. The van der Waals surface area contributed by atoms with Gasteiger partial charge in [-0.05, 0) is 38.3 Å². The Bertz CT molecular complexity index is 932. The molecule has 0 aromatic heterocycles. The van der Waals surface area contributed by atoms with Crippen LogP contribution >= 0.6 is 0 Å². The Balaban J connectivity index is 1.81. The first kappa shape index (κ1) is 22.7. The zero-order valence-electron chi connectivity index (χ0n) is 18.6. The van der Waals surface area contributed by atoms with Crippen molar-refractivity contribution in [1.29, 1.82) is 0 Å². The maximum atomic E-state index is 12.9. The molecule has 4 aliphatic rings. The lowest BCUT2D eigenvalue weighted by molar-refractivity contribution is -0.175. The first-order valence-corrected chi connectivity index (χ1v) is 10.5. The molecule has 4 bridgehead atoms. The van der Waals surface area contributed by atoms with Gasteiger partial charge in [-0.1, -0.05) is 12.2 Å². The van der Waals surface area contributed by atoms with E-state index in [0.717, 1.165) is 5.57 Å². The number of allylic oxidation sites excluding steroid dienone is 2. The van der Waals surface area contributed by atoms with Crippen molar-refractivity contribution in [3.05, 3.63) is 35.6 Å². The van der Waals surface area contributed by atoms with Gasteiger partial charge in [0, 0.05) is 26.9 Å². The minimum absolute atomic E-state index is 0.0268. The summed E-state index contributed by atoms with van der Waals surface area (Å²) in [6, 6.07) is 0. The van der Waals surface area contributed by atoms with Gasteiger partial charge in [-0.2, -0.15) is 0 Å². The number of rotatable bonds is 4. The summed E-state index contributed by atoms with van der Waals surface area (Å²) in [7, 11) is 1.42. The van der Waals surface area contributed by atoms with Crippen LogP contribution in [0.25, 0.3) is 0 Å². The third kappa shape index (κ3) is 3.58. The summed E-state index contributed by atoms with van der Waals surface area (Å²) in [6.07, 6.45) is 1.69. The van der Waals surface area contributed by atoms with Crippen molar-refractivity contribution in [3.63, 3.8) is 0 Å². The third-order valence-corrected chi connectivity index (χ3v) is 6.64. The topological polar surface area (TPSA) is 121 Å². The van der Waals surface area contributed by atoms with E-state index in [4.69, 9.17) is 23.7 Å². The number of hydrogen-bond acceptors (Lipinski definition) is 9. The van der Waals surface area contributed by atoms with Crippen molar-refractivity contribution in [2.24, 2.45) is 5.92 Å². The number of epoxide rings is 1. The van der Waals surface area contributed by atoms with E-state index in [-0.39, 0.29) is 36.5 Å². The van der Waals surface area contributed by atoms with E-state index in [9.17, 15) is 19.5 Å². The molecule has 2 fully saturated rings. The maximum absolute atomic E-state index is 12.9. The molecule has 1 N–H and O–H groups in total. The number of ether oxygens (including phenoxy) is 5. The van der Waals surface area contributed by atoms with E-state index in [2.05, 4.69) is 6.58 Å². The smallest absolute Gasteiger partial charge is 0.345 e. The number of methoxy groups -OCH3 is 1. The van der Waals surface area contributed by atoms with E-state index in [1.165, 1.54) is 26.2 Å². The van der Waals surface area contributed by atoms with Crippen LogP contribution in [0, 0.1) is 5.92 Å². The van der Waals surface area contributed by atoms with Gasteiger partial charge in [-0.3, -0.25) is 9.59 Å². The normalized spacial score (nSPS) is 44.2. The van der Waals surface area contributed by atoms with Gasteiger partial charge in [0.25, 0.3) is 0 Å². The van der Waals surface area contributed by atoms with Gasteiger partial charge in [0.1, 0.15) is 24.1 Å². The minimum atomic E-state index is -1.45. The number of aldehydes is 1. The van der Waals surface area contributed by atoms with E-state index >= 15 is 0 Å². The zero-order chi connectivity index (χ0) is 23.5. The van der Waals surface area contributed by atoms with E-state index in [1.54, 1.807) is 13.8 Å². The molecule has 0 spiro atoms. The molecule has 0 aromatic rings. The summed E-state index contributed by atoms with van der Waals surface area (Å²) in [6.45, 7) is 8.65. The summed E-state index contributed by atoms with van der Waals surface area (Å²) in [5, 5.41) is 11.0. The Labute approximate surface area is 186 Å². The number of esters is 2. The second kappa shape index (κ2) is 7.54. The molecule has 4 heterocycles. The highest BCUT2D eigenvalue weighted by atomic mass is 16.7. The van der Waals surface area contributed by atoms with Crippen molar-refractivity contribution in [1.82, 2.24) is 0 Å². The van der Waals surface area contributed by atoms with Crippen LogP contribution in [0.4, 0.5) is 0 Å². The second-order valence-electron chi connectivity index (χ2n) is 9.24. The maximum Gasteiger partial charge on any atom is 0.345 e. The second-order valence-corrected chi connectivity index (χ2v) is 9.24. The van der Waals surface area contributed by atoms with E-state index in [1.807, 2.05) is 0 Å². The van der Waals surface area contributed by atoms with Crippen molar-refractivity contribution in [3.8, 4) is 0 Å². The van der Waals surface area contributed by atoms with Crippen LogP contribution in [0.5, 0.6) is 0 Å². The highest BCUT2D eigenvalue weighted by Crippen LogP contribution is 2.54. The molecule has 0 aromatic carbocycles. The fourth-order valence-electron chi connectivity index (χ4n) is 4.99. The summed E-state index contributed by atoms with van der Waals surface area (Å²) in [5.74, 6) is -2.70. The lowest BCUT2D eigenvalue weighted by Crippen LogP contribution is -2.43. The molecule has 0 aliphatic carbocycles. The van der Waals surface area contributed by atoms with Crippen molar-refractivity contribution < 1.29 is 43.2 Å². The summed E-state index contributed by atoms with van der Waals surface area (Å²) < 4.78 is 28.6. The molecule has 2 saturated heterocycles. The highest BCUT2D eigenvalue weighted by Gasteiger charge is 2.78. The predicted octanol–water partition coefficient (Wildman–Crippen LogP) is 1.49. The number of hydrogen-bond donors (Lipinski definition) is 1.